The number of hydrogen-bond donors (Lipinski definition) is 1. The number of hydrogen-bond acceptors (Lipinski definition) is 3. The zero-order valence-corrected chi connectivity index (χ0v) is 12.0. The summed E-state index contributed by atoms with van der Waals surface area (Å²) < 4.78 is 24.9. The Morgan fingerprint density at radius 3 is 2.50 bits per heavy atom. The van der Waals surface area contributed by atoms with Crippen LogP contribution >= 0.6 is 11.6 Å². The van der Waals surface area contributed by atoms with Crippen LogP contribution in [0.5, 0.6) is 0 Å². The molecule has 1 rings (SSSR count). The Kier molecular flexibility index (Phi) is 4.72. The van der Waals surface area contributed by atoms with Gasteiger partial charge in [0.1, 0.15) is 0 Å². The first-order chi connectivity index (χ1) is 8.30. The van der Waals surface area contributed by atoms with Crippen LogP contribution < -0.4 is 5.32 Å². The normalized spacial score (nSPS) is 11.6. The van der Waals surface area contributed by atoms with Crippen LogP contribution in [0, 0.1) is 0 Å². The molecule has 0 aromatic heterocycles. The smallest absolute Gasteiger partial charge is 0.252 e. The topological polar surface area (TPSA) is 66.5 Å². The van der Waals surface area contributed by atoms with E-state index in [1.54, 1.807) is 6.92 Å². The maximum atomic E-state index is 11.9. The maximum absolute atomic E-state index is 11.9. The van der Waals surface area contributed by atoms with Crippen LogP contribution in [0.3, 0.4) is 0 Å². The van der Waals surface area contributed by atoms with Gasteiger partial charge in [0.15, 0.2) is 0 Å². The largest absolute Gasteiger partial charge is 0.352 e. The molecule has 0 aliphatic heterocycles. The molecule has 0 unspecified atom stereocenters. The Morgan fingerprint density at radius 1 is 1.39 bits per heavy atom. The predicted molar refractivity (Wildman–Crippen MR) is 70.3 cm³/mol. The molecule has 0 atom stereocenters. The van der Waals surface area contributed by atoms with Crippen molar-refractivity contribution in [3.05, 3.63) is 28.8 Å². The minimum atomic E-state index is -3.57. The Hall–Kier alpha value is -1.11. The van der Waals surface area contributed by atoms with E-state index in [1.807, 2.05) is 0 Å². The second kappa shape index (κ2) is 5.69. The van der Waals surface area contributed by atoms with Crippen molar-refractivity contribution in [2.75, 3.05) is 20.6 Å². The number of carbonyl (C=O) groups excluding carboxylic acids is 1. The highest BCUT2D eigenvalue weighted by Crippen LogP contribution is 2.21. The summed E-state index contributed by atoms with van der Waals surface area (Å²) in [7, 11) is -0.717. The summed E-state index contributed by atoms with van der Waals surface area (Å²) >= 11 is 5.89. The van der Waals surface area contributed by atoms with Gasteiger partial charge in [0.2, 0.25) is 10.0 Å². The van der Waals surface area contributed by atoms with E-state index in [1.165, 1.54) is 32.3 Å². The first-order valence-electron chi connectivity index (χ1n) is 5.31. The van der Waals surface area contributed by atoms with Gasteiger partial charge >= 0.3 is 0 Å². The standard InChI is InChI=1S/C11H15ClN2O3S/c1-4-13-11(15)9-7-8(5-6-10(9)12)18(16,17)14(2)3/h5-7H,4H2,1-3H3,(H,13,15). The molecule has 7 heteroatoms. The average Bonchev–Trinajstić information content (AvgIpc) is 2.29. The molecular formula is C11H15ClN2O3S. The molecule has 1 amide bonds. The lowest BCUT2D eigenvalue weighted by Gasteiger charge is -2.13. The van der Waals surface area contributed by atoms with Gasteiger partial charge in [-0.1, -0.05) is 11.6 Å². The quantitative estimate of drug-likeness (QED) is 0.910. The van der Waals surface area contributed by atoms with Gasteiger partial charge in [-0.15, -0.1) is 0 Å². The number of rotatable bonds is 4. The fourth-order valence-corrected chi connectivity index (χ4v) is 2.44. The minimum absolute atomic E-state index is 0.0400. The molecule has 0 saturated heterocycles. The molecule has 100 valence electrons. The van der Waals surface area contributed by atoms with Crippen molar-refractivity contribution >= 4 is 27.5 Å². The van der Waals surface area contributed by atoms with Gasteiger partial charge < -0.3 is 5.32 Å². The van der Waals surface area contributed by atoms with Crippen molar-refractivity contribution in [2.24, 2.45) is 0 Å². The zero-order valence-electron chi connectivity index (χ0n) is 10.4. The monoisotopic (exact) mass is 290 g/mol. The van der Waals surface area contributed by atoms with Crippen molar-refractivity contribution in [1.82, 2.24) is 9.62 Å². The molecule has 0 fully saturated rings. The fraction of sp³-hybridized carbons (Fsp3) is 0.364. The summed E-state index contributed by atoms with van der Waals surface area (Å²) in [5.41, 5.74) is 0.154. The molecular weight excluding hydrogens is 276 g/mol. The highest BCUT2D eigenvalue weighted by molar-refractivity contribution is 7.89. The van der Waals surface area contributed by atoms with E-state index in [-0.39, 0.29) is 15.5 Å². The molecule has 0 spiro atoms. The molecule has 1 aromatic rings. The van der Waals surface area contributed by atoms with Crippen LogP contribution in [0.2, 0.25) is 5.02 Å². The van der Waals surface area contributed by atoms with Gasteiger partial charge in [0.25, 0.3) is 5.91 Å². The number of nitrogens with zero attached hydrogens (tertiary/aromatic N) is 1. The number of benzene rings is 1. The highest BCUT2D eigenvalue weighted by atomic mass is 35.5. The van der Waals surface area contributed by atoms with E-state index < -0.39 is 15.9 Å². The van der Waals surface area contributed by atoms with Crippen LogP contribution in [-0.2, 0) is 10.0 Å². The molecule has 18 heavy (non-hydrogen) atoms. The van der Waals surface area contributed by atoms with Crippen molar-refractivity contribution in [1.29, 1.82) is 0 Å². The van der Waals surface area contributed by atoms with E-state index in [9.17, 15) is 13.2 Å². The van der Waals surface area contributed by atoms with Crippen LogP contribution in [0.4, 0.5) is 0 Å². The number of nitrogens with one attached hydrogen (secondary N) is 1. The third kappa shape index (κ3) is 3.01. The molecule has 0 heterocycles. The summed E-state index contributed by atoms with van der Waals surface area (Å²) in [5, 5.41) is 2.80. The SMILES string of the molecule is CCNC(=O)c1cc(S(=O)(=O)N(C)C)ccc1Cl. The average molecular weight is 291 g/mol. The molecule has 0 radical (unpaired) electrons. The van der Waals surface area contributed by atoms with Crippen LogP contribution in [-0.4, -0.2) is 39.3 Å². The highest BCUT2D eigenvalue weighted by Gasteiger charge is 2.20. The van der Waals surface area contributed by atoms with Crippen LogP contribution in [0.25, 0.3) is 0 Å². The van der Waals surface area contributed by atoms with Crippen LogP contribution in [0.15, 0.2) is 23.1 Å². The Balaban J connectivity index is 3.29. The molecule has 1 N–H and O–H groups in total. The Bertz CT molecular complexity index is 555. The number of amides is 1. The van der Waals surface area contributed by atoms with Crippen molar-refractivity contribution in [3.8, 4) is 0 Å². The van der Waals surface area contributed by atoms with Gasteiger partial charge in [-0.25, -0.2) is 12.7 Å². The molecule has 5 nitrogen and oxygen atoms in total. The lowest BCUT2D eigenvalue weighted by atomic mass is 10.2. The van der Waals surface area contributed by atoms with E-state index in [4.69, 9.17) is 11.6 Å². The second-order valence-corrected chi connectivity index (χ2v) is 6.35. The van der Waals surface area contributed by atoms with E-state index in [0.29, 0.717) is 6.54 Å². The van der Waals surface area contributed by atoms with Gasteiger partial charge in [-0.2, -0.15) is 0 Å². The maximum Gasteiger partial charge on any atom is 0.252 e. The molecule has 0 aliphatic carbocycles. The predicted octanol–water partition coefficient (Wildman–Crippen LogP) is 1.34. The van der Waals surface area contributed by atoms with E-state index >= 15 is 0 Å². The van der Waals surface area contributed by atoms with Crippen molar-refractivity contribution in [3.63, 3.8) is 0 Å². The van der Waals surface area contributed by atoms with E-state index in [2.05, 4.69) is 5.32 Å². The fourth-order valence-electron chi connectivity index (χ4n) is 1.31. The molecule has 0 saturated carbocycles. The second-order valence-electron chi connectivity index (χ2n) is 3.79. The molecule has 1 aromatic carbocycles. The lowest BCUT2D eigenvalue weighted by Crippen LogP contribution is -2.25. The van der Waals surface area contributed by atoms with Gasteiger partial charge in [0, 0.05) is 20.6 Å². The number of carbonyl (C=O) groups is 1. The number of sulfonamides is 1. The van der Waals surface area contributed by atoms with Gasteiger partial charge in [0.05, 0.1) is 15.5 Å². The van der Waals surface area contributed by atoms with Crippen molar-refractivity contribution in [2.45, 2.75) is 11.8 Å². The first-order valence-corrected chi connectivity index (χ1v) is 7.12. The minimum Gasteiger partial charge on any atom is -0.352 e. The number of halogens is 1. The third-order valence-electron chi connectivity index (χ3n) is 2.30. The summed E-state index contributed by atoms with van der Waals surface area (Å²) in [5.74, 6) is -0.390. The van der Waals surface area contributed by atoms with Crippen molar-refractivity contribution < 1.29 is 13.2 Å². The summed E-state index contributed by atoms with van der Waals surface area (Å²) in [4.78, 5) is 11.8. The summed E-state index contributed by atoms with van der Waals surface area (Å²) in [6.45, 7) is 2.21. The molecule has 0 bridgehead atoms. The zero-order chi connectivity index (χ0) is 13.9. The van der Waals surface area contributed by atoms with Crippen LogP contribution in [0.1, 0.15) is 17.3 Å². The Morgan fingerprint density at radius 2 is 2.00 bits per heavy atom. The summed E-state index contributed by atoms with van der Waals surface area (Å²) in [6, 6.07) is 4.06. The van der Waals surface area contributed by atoms with Gasteiger partial charge in [-0.3, -0.25) is 4.79 Å². The molecule has 0 aliphatic rings. The lowest BCUT2D eigenvalue weighted by molar-refractivity contribution is 0.0956. The van der Waals surface area contributed by atoms with Gasteiger partial charge in [-0.05, 0) is 25.1 Å². The first kappa shape index (κ1) is 14.9. The third-order valence-corrected chi connectivity index (χ3v) is 4.44. The Labute approximate surface area is 112 Å². The summed E-state index contributed by atoms with van der Waals surface area (Å²) in [6.07, 6.45) is 0. The van der Waals surface area contributed by atoms with E-state index in [0.717, 1.165) is 4.31 Å².